The van der Waals surface area contributed by atoms with E-state index < -0.39 is 40.6 Å². The first-order valence-electron chi connectivity index (χ1n) is 12.0. The van der Waals surface area contributed by atoms with Gasteiger partial charge >= 0.3 is 5.97 Å². The van der Waals surface area contributed by atoms with E-state index in [2.05, 4.69) is 55.8 Å². The third kappa shape index (κ3) is 9.70. The molecule has 0 amide bonds. The first kappa shape index (κ1) is 31.4. The summed E-state index contributed by atoms with van der Waals surface area (Å²) in [6.45, 7) is 13.2. The van der Waals surface area contributed by atoms with Crippen LogP contribution in [0.5, 0.6) is 5.75 Å². The van der Waals surface area contributed by atoms with Crippen LogP contribution in [0.15, 0.2) is 29.8 Å². The Morgan fingerprint density at radius 2 is 1.41 bits per heavy atom. The van der Waals surface area contributed by atoms with Crippen LogP contribution in [-0.4, -0.2) is 5.97 Å². The number of carbonyl (C=O) groups is 1. The average Bonchev–Trinajstić information content (AvgIpc) is 2.85. The Morgan fingerprint density at radius 1 is 0.853 bits per heavy atom. The average molecular weight is 483 g/mol. The Bertz CT molecular complexity index is 907. The molecule has 0 saturated heterocycles. The van der Waals surface area contributed by atoms with Gasteiger partial charge < -0.3 is 4.74 Å². The summed E-state index contributed by atoms with van der Waals surface area (Å²) in [6.07, 6.45) is 7.67. The van der Waals surface area contributed by atoms with Gasteiger partial charge in [-0.3, -0.25) is 4.79 Å². The lowest BCUT2D eigenvalue weighted by atomic mass is 10.0. The van der Waals surface area contributed by atoms with Crippen molar-refractivity contribution in [2.45, 2.75) is 87.0 Å². The summed E-state index contributed by atoms with van der Waals surface area (Å²) < 4.78 is 56.9. The van der Waals surface area contributed by atoms with Gasteiger partial charge in [0.15, 0.2) is 11.6 Å². The van der Waals surface area contributed by atoms with Crippen molar-refractivity contribution >= 4 is 12.0 Å². The molecule has 0 unspecified atom stereocenters. The Morgan fingerprint density at radius 3 is 1.88 bits per heavy atom. The minimum Gasteiger partial charge on any atom is -0.420 e. The topological polar surface area (TPSA) is 26.3 Å². The molecule has 0 saturated carbocycles. The van der Waals surface area contributed by atoms with Gasteiger partial charge in [0.25, 0.3) is 0 Å². The van der Waals surface area contributed by atoms with Gasteiger partial charge in [0.2, 0.25) is 17.4 Å². The van der Waals surface area contributed by atoms with Crippen LogP contribution in [0.25, 0.3) is 6.08 Å². The zero-order valence-corrected chi connectivity index (χ0v) is 21.5. The number of benzene rings is 2. The van der Waals surface area contributed by atoms with Crippen molar-refractivity contribution in [3.63, 3.8) is 0 Å². The van der Waals surface area contributed by atoms with Crippen molar-refractivity contribution in [2.24, 2.45) is 0 Å². The number of rotatable bonds is 8. The van der Waals surface area contributed by atoms with E-state index in [4.69, 9.17) is 0 Å². The highest BCUT2D eigenvalue weighted by molar-refractivity contribution is 5.72. The van der Waals surface area contributed by atoms with Crippen LogP contribution in [0.1, 0.15) is 89.8 Å². The number of hydrogen-bond donors (Lipinski definition) is 0. The summed E-state index contributed by atoms with van der Waals surface area (Å²) in [6, 6.07) is 8.60. The monoisotopic (exact) mass is 482 g/mol. The number of hydrogen-bond acceptors (Lipinski definition) is 2. The minimum absolute atomic E-state index is 0.101. The third-order valence-corrected chi connectivity index (χ3v) is 4.97. The fraction of sp³-hybridized carbons (Fsp3) is 0.464. The molecule has 2 aromatic rings. The Kier molecular flexibility index (Phi) is 15.6. The maximum atomic E-state index is 13.2. The van der Waals surface area contributed by atoms with Gasteiger partial charge in [-0.25, -0.2) is 8.78 Å². The van der Waals surface area contributed by atoms with E-state index in [9.17, 15) is 22.4 Å². The van der Waals surface area contributed by atoms with Crippen LogP contribution in [0.3, 0.4) is 0 Å². The van der Waals surface area contributed by atoms with Gasteiger partial charge in [0.05, 0.1) is 0 Å². The van der Waals surface area contributed by atoms with E-state index in [1.165, 1.54) is 36.8 Å². The predicted molar refractivity (Wildman–Crippen MR) is 132 cm³/mol. The van der Waals surface area contributed by atoms with Gasteiger partial charge in [-0.1, -0.05) is 77.0 Å². The molecule has 2 aromatic carbocycles. The van der Waals surface area contributed by atoms with Gasteiger partial charge in [0.1, 0.15) is 0 Å². The second-order valence-corrected chi connectivity index (χ2v) is 7.55. The molecule has 0 aliphatic rings. The molecule has 2 rings (SSSR count). The number of ether oxygens (including phenoxy) is 1. The van der Waals surface area contributed by atoms with Crippen molar-refractivity contribution in [2.75, 3.05) is 0 Å². The standard InChI is InChI=1S/C15H22.C11H10F4O2.C2H6/c1-4-6-10-14(5-2)12-15-11-8-7-9-13(15)3;1-3-4-6(16)17-11-9(14)7(12)5(2)8(13)10(11)15;1-2/h7-9,11-12H,4-6,10H2,1-3H3;3-4H2,1-2H3;1-2H3/b14-12-;;. The first-order valence-corrected chi connectivity index (χ1v) is 12.0. The van der Waals surface area contributed by atoms with E-state index in [1.807, 2.05) is 13.8 Å². The SMILES string of the molecule is CC.CCCC(=O)Oc1c(F)c(F)c(C)c(F)c1F.CCCC/C(=C\c1ccccc1C)CC. The lowest BCUT2D eigenvalue weighted by Gasteiger charge is -2.09. The number of unbranched alkanes of at least 4 members (excludes halogenated alkanes) is 1. The molecule has 0 fully saturated rings. The minimum atomic E-state index is -1.70. The van der Waals surface area contributed by atoms with E-state index in [1.54, 1.807) is 12.5 Å². The molecule has 6 heteroatoms. The maximum absolute atomic E-state index is 13.2. The van der Waals surface area contributed by atoms with Crippen molar-refractivity contribution < 1.29 is 27.1 Å². The molecule has 0 heterocycles. The van der Waals surface area contributed by atoms with E-state index in [-0.39, 0.29) is 6.42 Å². The number of esters is 1. The number of halogens is 4. The fourth-order valence-corrected chi connectivity index (χ4v) is 2.90. The molecule has 0 atom stereocenters. The van der Waals surface area contributed by atoms with Crippen LogP contribution in [0.4, 0.5) is 17.6 Å². The molecule has 34 heavy (non-hydrogen) atoms. The second-order valence-electron chi connectivity index (χ2n) is 7.55. The first-order chi connectivity index (χ1) is 16.2. The summed E-state index contributed by atoms with van der Waals surface area (Å²) >= 11 is 0. The normalized spacial score (nSPS) is 10.6. The van der Waals surface area contributed by atoms with Crippen molar-refractivity contribution in [3.05, 3.63) is 69.8 Å². The summed E-state index contributed by atoms with van der Waals surface area (Å²) in [4.78, 5) is 11.0. The van der Waals surface area contributed by atoms with Gasteiger partial charge in [-0.05, 0) is 50.7 Å². The van der Waals surface area contributed by atoms with Crippen molar-refractivity contribution in [3.8, 4) is 5.75 Å². The lowest BCUT2D eigenvalue weighted by Crippen LogP contribution is -2.12. The summed E-state index contributed by atoms with van der Waals surface area (Å²) in [5.74, 6) is -8.82. The van der Waals surface area contributed by atoms with E-state index in [0.29, 0.717) is 6.42 Å². The van der Waals surface area contributed by atoms with E-state index in [0.717, 1.165) is 6.92 Å². The summed E-state index contributed by atoms with van der Waals surface area (Å²) in [7, 11) is 0. The van der Waals surface area contributed by atoms with Crippen molar-refractivity contribution in [1.29, 1.82) is 0 Å². The van der Waals surface area contributed by atoms with Crippen LogP contribution in [0.2, 0.25) is 0 Å². The quantitative estimate of drug-likeness (QED) is 0.162. The number of aryl methyl sites for hydroxylation is 1. The highest BCUT2D eigenvalue weighted by atomic mass is 19.2. The highest BCUT2D eigenvalue weighted by Crippen LogP contribution is 2.29. The zero-order valence-electron chi connectivity index (χ0n) is 21.5. The van der Waals surface area contributed by atoms with Gasteiger partial charge in [0, 0.05) is 12.0 Å². The van der Waals surface area contributed by atoms with Gasteiger partial charge in [-0.15, -0.1) is 0 Å². The Balaban J connectivity index is 0.000000601. The summed E-state index contributed by atoms with van der Waals surface area (Å²) in [5, 5.41) is 0. The number of allylic oxidation sites excluding steroid dienone is 1. The maximum Gasteiger partial charge on any atom is 0.311 e. The molecule has 0 aromatic heterocycles. The van der Waals surface area contributed by atoms with Crippen LogP contribution < -0.4 is 4.74 Å². The predicted octanol–water partition coefficient (Wildman–Crippen LogP) is 9.26. The molecule has 2 nitrogen and oxygen atoms in total. The number of carbonyl (C=O) groups excluding carboxylic acids is 1. The fourth-order valence-electron chi connectivity index (χ4n) is 2.90. The molecule has 0 aliphatic carbocycles. The smallest absolute Gasteiger partial charge is 0.311 e. The molecular weight excluding hydrogens is 444 g/mol. The molecule has 0 N–H and O–H groups in total. The second kappa shape index (κ2) is 16.9. The van der Waals surface area contributed by atoms with Gasteiger partial charge in [-0.2, -0.15) is 8.78 Å². The molecule has 0 radical (unpaired) electrons. The molecule has 190 valence electrons. The molecule has 0 bridgehead atoms. The van der Waals surface area contributed by atoms with Crippen LogP contribution >= 0.6 is 0 Å². The highest BCUT2D eigenvalue weighted by Gasteiger charge is 2.25. The zero-order chi connectivity index (χ0) is 26.3. The van der Waals surface area contributed by atoms with E-state index >= 15 is 0 Å². The third-order valence-electron chi connectivity index (χ3n) is 4.97. The van der Waals surface area contributed by atoms with Crippen molar-refractivity contribution in [1.82, 2.24) is 0 Å². The summed E-state index contributed by atoms with van der Waals surface area (Å²) in [5.41, 5.74) is 3.53. The molecular formula is C28H38F4O2. The Labute approximate surface area is 202 Å². The Hall–Kier alpha value is -2.63. The molecule has 0 aliphatic heterocycles. The van der Waals surface area contributed by atoms with Crippen LogP contribution in [0, 0.1) is 37.1 Å². The largest absolute Gasteiger partial charge is 0.420 e. The van der Waals surface area contributed by atoms with Crippen LogP contribution in [-0.2, 0) is 4.79 Å². The lowest BCUT2D eigenvalue weighted by molar-refractivity contribution is -0.134. The molecule has 0 spiro atoms.